The van der Waals surface area contributed by atoms with Crippen molar-refractivity contribution in [3.63, 3.8) is 0 Å². The second-order valence-corrected chi connectivity index (χ2v) is 11.8. The second-order valence-electron chi connectivity index (χ2n) is 11.8. The zero-order valence-electron chi connectivity index (χ0n) is 26.2. The Labute approximate surface area is 271 Å². The Bertz CT molecular complexity index is 1530. The van der Waals surface area contributed by atoms with Gasteiger partial charge < -0.3 is 20.4 Å². The maximum Gasteiger partial charge on any atom is 0.262 e. The van der Waals surface area contributed by atoms with Gasteiger partial charge in [-0.3, -0.25) is 9.59 Å². The van der Waals surface area contributed by atoms with Crippen LogP contribution in [0.3, 0.4) is 0 Å². The van der Waals surface area contributed by atoms with E-state index in [0.29, 0.717) is 0 Å². The Morgan fingerprint density at radius 3 is 1.67 bits per heavy atom. The topological polar surface area (TPSA) is 92.8 Å². The summed E-state index contributed by atoms with van der Waals surface area (Å²) < 4.78 is 0. The van der Waals surface area contributed by atoms with E-state index in [4.69, 9.17) is 6.57 Å². The third-order valence-electron chi connectivity index (χ3n) is 8.46. The molecule has 3 aromatic rings. The fourth-order valence-corrected chi connectivity index (χ4v) is 5.89. The van der Waals surface area contributed by atoms with Gasteiger partial charge in [-0.15, -0.1) is 0 Å². The molecule has 2 fully saturated rings. The van der Waals surface area contributed by atoms with E-state index in [0.717, 1.165) is 54.1 Å². The van der Waals surface area contributed by atoms with Gasteiger partial charge in [-0.25, -0.2) is 4.85 Å². The minimum atomic E-state index is -0.447. The quantitative estimate of drug-likeness (QED) is 0.156. The summed E-state index contributed by atoms with van der Waals surface area (Å²) in [5.74, 6) is -0.890. The maximum atomic E-state index is 12.8. The van der Waals surface area contributed by atoms with Gasteiger partial charge in [0.25, 0.3) is 17.5 Å². The predicted molar refractivity (Wildman–Crippen MR) is 183 cm³/mol. The van der Waals surface area contributed by atoms with Crippen LogP contribution in [0.4, 0.5) is 11.4 Å². The van der Waals surface area contributed by atoms with E-state index in [1.807, 2.05) is 78.9 Å². The normalized spacial score (nSPS) is 15.4. The number of carbonyl (C=O) groups excluding carboxylic acids is 2. The number of anilines is 2. The van der Waals surface area contributed by atoms with Crippen LogP contribution < -0.4 is 20.4 Å². The largest absolute Gasteiger partial charge is 0.372 e. The number of benzene rings is 3. The van der Waals surface area contributed by atoms with Crippen LogP contribution in [0.1, 0.15) is 60.8 Å². The van der Waals surface area contributed by atoms with Gasteiger partial charge >= 0.3 is 0 Å². The second kappa shape index (κ2) is 16.1. The zero-order chi connectivity index (χ0) is 32.1. The number of carbonyl (C=O) groups is 2. The molecule has 2 saturated heterocycles. The summed E-state index contributed by atoms with van der Waals surface area (Å²) in [7, 11) is 0. The molecule has 8 heteroatoms. The molecule has 0 aliphatic carbocycles. The maximum absolute atomic E-state index is 12.8. The van der Waals surface area contributed by atoms with Gasteiger partial charge in [-0.05, 0) is 97.2 Å². The van der Waals surface area contributed by atoms with Gasteiger partial charge in [0.1, 0.15) is 11.6 Å². The number of nitrogens with one attached hydrogen (secondary N) is 2. The van der Waals surface area contributed by atoms with Crippen LogP contribution in [0.15, 0.2) is 84.1 Å². The van der Waals surface area contributed by atoms with Gasteiger partial charge in [0, 0.05) is 50.6 Å². The first-order chi connectivity index (χ1) is 22.5. The number of nitrogens with zero attached hydrogens (tertiary/aromatic N) is 4. The third-order valence-corrected chi connectivity index (χ3v) is 8.46. The molecule has 234 valence electrons. The van der Waals surface area contributed by atoms with Gasteiger partial charge in [-0.1, -0.05) is 48.5 Å². The summed E-state index contributed by atoms with van der Waals surface area (Å²) in [6.07, 6.45) is 10.6. The smallest absolute Gasteiger partial charge is 0.262 e. The number of piperidine rings is 2. The summed E-state index contributed by atoms with van der Waals surface area (Å²) in [4.78, 5) is 33.8. The van der Waals surface area contributed by atoms with Crippen molar-refractivity contribution in [3.8, 4) is 6.07 Å². The van der Waals surface area contributed by atoms with Crippen molar-refractivity contribution in [2.45, 2.75) is 51.6 Å². The molecule has 0 spiro atoms. The van der Waals surface area contributed by atoms with E-state index in [1.54, 1.807) is 12.2 Å². The molecule has 2 aliphatic heterocycles. The molecule has 46 heavy (non-hydrogen) atoms. The summed E-state index contributed by atoms with van der Waals surface area (Å²) in [5, 5.41) is 15.3. The fraction of sp³-hybridized carbons (Fsp3) is 0.316. The van der Waals surface area contributed by atoms with Crippen molar-refractivity contribution < 1.29 is 9.59 Å². The lowest BCUT2D eigenvalue weighted by Gasteiger charge is -2.28. The molecule has 2 amide bonds. The van der Waals surface area contributed by atoms with Crippen molar-refractivity contribution in [1.29, 1.82) is 5.26 Å². The van der Waals surface area contributed by atoms with Crippen LogP contribution in [0, 0.1) is 17.9 Å². The molecule has 2 aliphatic rings. The number of nitriles is 1. The minimum Gasteiger partial charge on any atom is -0.372 e. The van der Waals surface area contributed by atoms with Crippen LogP contribution in [0.5, 0.6) is 0 Å². The average molecular weight is 613 g/mol. The van der Waals surface area contributed by atoms with Crippen molar-refractivity contribution in [2.75, 3.05) is 36.0 Å². The molecule has 0 aromatic heterocycles. The Kier molecular flexibility index (Phi) is 11.2. The zero-order valence-corrected chi connectivity index (χ0v) is 26.2. The van der Waals surface area contributed by atoms with Gasteiger partial charge in [0.15, 0.2) is 0 Å². The van der Waals surface area contributed by atoms with E-state index < -0.39 is 11.8 Å². The SMILES string of the molecule is [C-]#[N+]/C(=C/c1ccc(N2CCCCC2)cc1)C(=O)NCc1cccc(CNC(=O)/C(C#N)=C\c2ccc(N3CCCCC3)cc2)c1. The lowest BCUT2D eigenvalue weighted by Crippen LogP contribution is -2.29. The summed E-state index contributed by atoms with van der Waals surface area (Å²) in [6, 6.07) is 25.4. The summed E-state index contributed by atoms with van der Waals surface area (Å²) in [6.45, 7) is 12.2. The molecule has 8 nitrogen and oxygen atoms in total. The minimum absolute atomic E-state index is 0.0195. The molecular weight excluding hydrogens is 572 g/mol. The van der Waals surface area contributed by atoms with Crippen molar-refractivity contribution in [3.05, 3.63) is 118 Å². The molecule has 5 rings (SSSR count). The van der Waals surface area contributed by atoms with Crippen LogP contribution in [0.25, 0.3) is 17.0 Å². The molecule has 3 aromatic carbocycles. The predicted octanol–water partition coefficient (Wildman–Crippen LogP) is 6.47. The van der Waals surface area contributed by atoms with Crippen LogP contribution in [-0.4, -0.2) is 38.0 Å². The van der Waals surface area contributed by atoms with Crippen LogP contribution >= 0.6 is 0 Å². The Morgan fingerprint density at radius 2 is 1.20 bits per heavy atom. The molecule has 0 radical (unpaired) electrons. The average Bonchev–Trinajstić information content (AvgIpc) is 3.12. The summed E-state index contributed by atoms with van der Waals surface area (Å²) in [5.41, 5.74) is 5.65. The third kappa shape index (κ3) is 8.86. The van der Waals surface area contributed by atoms with Crippen LogP contribution in [-0.2, 0) is 22.7 Å². The van der Waals surface area contributed by atoms with Crippen molar-refractivity contribution in [1.82, 2.24) is 10.6 Å². The summed E-state index contributed by atoms with van der Waals surface area (Å²) >= 11 is 0. The van der Waals surface area contributed by atoms with Crippen LogP contribution in [0.2, 0.25) is 0 Å². The highest BCUT2D eigenvalue weighted by Gasteiger charge is 2.14. The molecule has 2 heterocycles. The Hall–Kier alpha value is -5.34. The highest BCUT2D eigenvalue weighted by molar-refractivity contribution is 6.01. The van der Waals surface area contributed by atoms with E-state index in [1.165, 1.54) is 44.2 Å². The van der Waals surface area contributed by atoms with E-state index in [-0.39, 0.29) is 24.4 Å². The molecule has 0 bridgehead atoms. The molecular formula is C38H40N6O2. The first-order valence-electron chi connectivity index (χ1n) is 16.1. The first-order valence-corrected chi connectivity index (χ1v) is 16.1. The highest BCUT2D eigenvalue weighted by atomic mass is 16.2. The fourth-order valence-electron chi connectivity index (χ4n) is 5.89. The van der Waals surface area contributed by atoms with Gasteiger partial charge in [0.2, 0.25) is 0 Å². The van der Waals surface area contributed by atoms with E-state index >= 15 is 0 Å². The standard InChI is InChI=1S/C38H40N6O2/c1-40-36(25-30-13-17-35(18-14-30)44-21-6-3-7-22-44)38(46)42-28-32-10-8-9-31(23-32)27-41-37(45)33(26-39)24-29-11-15-34(16-12-29)43-19-4-2-5-20-43/h8-18,23-25H,2-7,19-22,27-28H2,(H,41,45)(H,42,46)/b33-24-,36-25+. The lowest BCUT2D eigenvalue weighted by molar-refractivity contribution is -0.118. The molecule has 0 unspecified atom stereocenters. The number of hydrogen-bond donors (Lipinski definition) is 2. The highest BCUT2D eigenvalue weighted by Crippen LogP contribution is 2.22. The first kappa shape index (κ1) is 32.1. The monoisotopic (exact) mass is 612 g/mol. The van der Waals surface area contributed by atoms with Crippen molar-refractivity contribution in [2.24, 2.45) is 0 Å². The molecule has 0 saturated carbocycles. The Balaban J connectivity index is 1.13. The van der Waals surface area contributed by atoms with Gasteiger partial charge in [-0.2, -0.15) is 5.26 Å². The Morgan fingerprint density at radius 1 is 0.717 bits per heavy atom. The van der Waals surface area contributed by atoms with E-state index in [9.17, 15) is 14.9 Å². The number of amides is 2. The van der Waals surface area contributed by atoms with Crippen molar-refractivity contribution >= 4 is 35.3 Å². The number of hydrogen-bond acceptors (Lipinski definition) is 5. The number of rotatable bonds is 10. The van der Waals surface area contributed by atoms with Gasteiger partial charge in [0.05, 0.1) is 6.57 Å². The molecule has 0 atom stereocenters. The van der Waals surface area contributed by atoms with E-state index in [2.05, 4.69) is 25.3 Å². The molecule has 2 N–H and O–H groups in total. The lowest BCUT2D eigenvalue weighted by atomic mass is 10.1.